The van der Waals surface area contributed by atoms with Crippen LogP contribution in [0.3, 0.4) is 0 Å². The number of carbonyl (C=O) groups is 1. The maximum absolute atomic E-state index is 12.4. The first-order valence-electron chi connectivity index (χ1n) is 11.7. The Kier molecular flexibility index (Phi) is 5.56. The van der Waals surface area contributed by atoms with E-state index in [9.17, 15) is 4.79 Å². The van der Waals surface area contributed by atoms with Crippen LogP contribution in [0.5, 0.6) is 5.75 Å². The Morgan fingerprint density at radius 3 is 2.82 bits per heavy atom. The Hall–Kier alpha value is -3.35. The molecule has 5 rings (SSSR count). The van der Waals surface area contributed by atoms with E-state index in [1.54, 1.807) is 7.11 Å². The Balaban J connectivity index is 1.66. The molecule has 0 radical (unpaired) electrons. The number of rotatable bonds is 5. The van der Waals surface area contributed by atoms with Gasteiger partial charge in [-0.1, -0.05) is 12.1 Å². The van der Waals surface area contributed by atoms with Crippen LogP contribution in [-0.2, 0) is 22.4 Å². The van der Waals surface area contributed by atoms with E-state index in [-0.39, 0.29) is 5.97 Å². The third kappa shape index (κ3) is 3.65. The van der Waals surface area contributed by atoms with Crippen LogP contribution in [0.1, 0.15) is 42.3 Å². The van der Waals surface area contributed by atoms with E-state index >= 15 is 0 Å². The Morgan fingerprint density at radius 2 is 2.06 bits per heavy atom. The third-order valence-corrected chi connectivity index (χ3v) is 6.63. The van der Waals surface area contributed by atoms with Gasteiger partial charge < -0.3 is 14.4 Å². The van der Waals surface area contributed by atoms with E-state index in [2.05, 4.69) is 17.9 Å². The molecule has 3 aromatic rings. The molecule has 0 spiro atoms. The standard InChI is InChI=1S/C26H30N4O3/c1-5-33-26(31)18-8-7-13-29(15-18)25-21-9-6-10-22(21)27-24-23(17(3)28-30(24)25)20-12-11-19(32-4)14-16(20)2/h8,11-12,14H,5-7,9-10,13,15H2,1-4H3. The molecule has 7 nitrogen and oxygen atoms in total. The highest BCUT2D eigenvalue weighted by Gasteiger charge is 2.29. The minimum absolute atomic E-state index is 0.227. The van der Waals surface area contributed by atoms with Gasteiger partial charge in [-0.05, 0) is 69.7 Å². The zero-order valence-corrected chi connectivity index (χ0v) is 19.8. The van der Waals surface area contributed by atoms with Crippen molar-refractivity contribution < 1.29 is 14.3 Å². The Bertz CT molecular complexity index is 1270. The van der Waals surface area contributed by atoms with Gasteiger partial charge in [0.05, 0.1) is 31.5 Å². The zero-order chi connectivity index (χ0) is 23.1. The number of ether oxygens (including phenoxy) is 2. The van der Waals surface area contributed by atoms with Crippen molar-refractivity contribution in [1.82, 2.24) is 14.6 Å². The minimum atomic E-state index is -0.227. The van der Waals surface area contributed by atoms with Gasteiger partial charge in [-0.2, -0.15) is 9.61 Å². The Labute approximate surface area is 194 Å². The molecule has 0 fully saturated rings. The molecule has 1 aliphatic heterocycles. The lowest BCUT2D eigenvalue weighted by atomic mass is 10.0. The number of aromatic nitrogens is 3. The molecule has 33 heavy (non-hydrogen) atoms. The van der Waals surface area contributed by atoms with Crippen molar-refractivity contribution in [3.8, 4) is 16.9 Å². The first-order valence-corrected chi connectivity index (χ1v) is 11.7. The fourth-order valence-electron chi connectivity index (χ4n) is 5.09. The summed E-state index contributed by atoms with van der Waals surface area (Å²) in [5.74, 6) is 1.68. The zero-order valence-electron chi connectivity index (χ0n) is 19.8. The quantitative estimate of drug-likeness (QED) is 0.547. The number of aryl methyl sites for hydroxylation is 3. The fourth-order valence-corrected chi connectivity index (χ4v) is 5.09. The highest BCUT2D eigenvalue weighted by molar-refractivity contribution is 5.90. The number of benzene rings is 1. The lowest BCUT2D eigenvalue weighted by molar-refractivity contribution is -0.138. The van der Waals surface area contributed by atoms with E-state index < -0.39 is 0 Å². The number of hydrogen-bond acceptors (Lipinski definition) is 6. The normalized spacial score (nSPS) is 15.5. The highest BCUT2D eigenvalue weighted by Crippen LogP contribution is 2.38. The van der Waals surface area contributed by atoms with Crippen LogP contribution in [0, 0.1) is 13.8 Å². The van der Waals surface area contributed by atoms with E-state index in [4.69, 9.17) is 19.6 Å². The molecule has 1 aliphatic carbocycles. The van der Waals surface area contributed by atoms with Crippen LogP contribution in [0.15, 0.2) is 29.8 Å². The average molecular weight is 447 g/mol. The van der Waals surface area contributed by atoms with Crippen LogP contribution in [0.4, 0.5) is 5.82 Å². The van der Waals surface area contributed by atoms with Crippen molar-refractivity contribution in [3.05, 3.63) is 52.4 Å². The molecule has 0 unspecified atom stereocenters. The Morgan fingerprint density at radius 1 is 1.21 bits per heavy atom. The van der Waals surface area contributed by atoms with Crippen molar-refractivity contribution in [2.45, 2.75) is 46.5 Å². The maximum atomic E-state index is 12.4. The van der Waals surface area contributed by atoms with Gasteiger partial charge in [0.15, 0.2) is 5.65 Å². The van der Waals surface area contributed by atoms with E-state index in [1.807, 2.05) is 36.6 Å². The van der Waals surface area contributed by atoms with Crippen LogP contribution >= 0.6 is 0 Å². The molecular formula is C26H30N4O3. The third-order valence-electron chi connectivity index (χ3n) is 6.63. The maximum Gasteiger partial charge on any atom is 0.335 e. The molecule has 2 aromatic heterocycles. The summed E-state index contributed by atoms with van der Waals surface area (Å²) < 4.78 is 12.7. The number of esters is 1. The molecule has 1 aromatic carbocycles. The summed E-state index contributed by atoms with van der Waals surface area (Å²) in [6, 6.07) is 6.13. The van der Waals surface area contributed by atoms with Gasteiger partial charge in [-0.15, -0.1) is 0 Å². The van der Waals surface area contributed by atoms with Crippen LogP contribution in [-0.4, -0.2) is 47.4 Å². The van der Waals surface area contributed by atoms with Crippen LogP contribution in [0.2, 0.25) is 0 Å². The lowest BCUT2D eigenvalue weighted by Gasteiger charge is -2.30. The summed E-state index contributed by atoms with van der Waals surface area (Å²) in [6.07, 6.45) is 5.86. The van der Waals surface area contributed by atoms with E-state index in [1.165, 1.54) is 5.56 Å². The van der Waals surface area contributed by atoms with Gasteiger partial charge in [-0.3, -0.25) is 0 Å². The molecule has 2 aliphatic rings. The van der Waals surface area contributed by atoms with Crippen molar-refractivity contribution in [3.63, 3.8) is 0 Å². The number of carbonyl (C=O) groups excluding carboxylic acids is 1. The van der Waals surface area contributed by atoms with Gasteiger partial charge in [0.25, 0.3) is 0 Å². The smallest absolute Gasteiger partial charge is 0.335 e. The molecule has 0 amide bonds. The summed E-state index contributed by atoms with van der Waals surface area (Å²) >= 11 is 0. The SMILES string of the molecule is CCOC(=O)C1=CCCN(c2c3c(nc4c(-c5ccc(OC)cc5C)c(C)nn24)CCC3)C1. The first-order chi connectivity index (χ1) is 16.0. The largest absolute Gasteiger partial charge is 0.497 e. The number of hydrogen-bond donors (Lipinski definition) is 0. The molecule has 3 heterocycles. The molecule has 0 bridgehead atoms. The number of nitrogens with zero attached hydrogens (tertiary/aromatic N) is 4. The number of fused-ring (bicyclic) bond motifs is 2. The molecule has 0 saturated carbocycles. The topological polar surface area (TPSA) is 69.0 Å². The summed E-state index contributed by atoms with van der Waals surface area (Å²) in [5.41, 5.74) is 8.25. The highest BCUT2D eigenvalue weighted by atomic mass is 16.5. The van der Waals surface area contributed by atoms with Gasteiger partial charge in [0, 0.05) is 23.4 Å². The van der Waals surface area contributed by atoms with E-state index in [0.29, 0.717) is 13.2 Å². The number of anilines is 1. The van der Waals surface area contributed by atoms with Crippen LogP contribution < -0.4 is 9.64 Å². The molecule has 7 heteroatoms. The summed E-state index contributed by atoms with van der Waals surface area (Å²) in [7, 11) is 1.68. The summed E-state index contributed by atoms with van der Waals surface area (Å²) in [6.45, 7) is 7.73. The minimum Gasteiger partial charge on any atom is -0.497 e. The summed E-state index contributed by atoms with van der Waals surface area (Å²) in [4.78, 5) is 19.8. The predicted molar refractivity (Wildman–Crippen MR) is 128 cm³/mol. The molecule has 0 N–H and O–H groups in total. The summed E-state index contributed by atoms with van der Waals surface area (Å²) in [5, 5.41) is 4.98. The first kappa shape index (κ1) is 21.5. The van der Waals surface area contributed by atoms with Crippen LogP contribution in [0.25, 0.3) is 16.8 Å². The molecule has 0 atom stereocenters. The van der Waals surface area contributed by atoms with Crippen molar-refractivity contribution in [1.29, 1.82) is 0 Å². The van der Waals surface area contributed by atoms with Gasteiger partial charge in [0.1, 0.15) is 11.6 Å². The van der Waals surface area contributed by atoms with Gasteiger partial charge in [-0.25, -0.2) is 9.78 Å². The number of methoxy groups -OCH3 is 1. The second-order valence-corrected chi connectivity index (χ2v) is 8.75. The van der Waals surface area contributed by atoms with Crippen molar-refractivity contribution >= 4 is 17.4 Å². The fraction of sp³-hybridized carbons (Fsp3) is 0.423. The lowest BCUT2D eigenvalue weighted by Crippen LogP contribution is -2.35. The monoisotopic (exact) mass is 446 g/mol. The average Bonchev–Trinajstić information content (AvgIpc) is 3.41. The van der Waals surface area contributed by atoms with Gasteiger partial charge in [0.2, 0.25) is 0 Å². The second kappa shape index (κ2) is 8.54. The van der Waals surface area contributed by atoms with E-state index in [0.717, 1.165) is 83.1 Å². The molecular weight excluding hydrogens is 416 g/mol. The van der Waals surface area contributed by atoms with Crippen molar-refractivity contribution in [2.75, 3.05) is 31.7 Å². The second-order valence-electron chi connectivity index (χ2n) is 8.75. The molecule has 0 saturated heterocycles. The predicted octanol–water partition coefficient (Wildman–Crippen LogP) is 4.21. The molecule has 172 valence electrons. The van der Waals surface area contributed by atoms with Crippen molar-refractivity contribution in [2.24, 2.45) is 0 Å². The van der Waals surface area contributed by atoms with Gasteiger partial charge >= 0.3 is 5.97 Å².